The number of carboxylic acid groups (broad SMARTS) is 2. The van der Waals surface area contributed by atoms with Gasteiger partial charge in [0, 0.05) is 29.7 Å². The molecule has 0 saturated carbocycles. The van der Waals surface area contributed by atoms with Gasteiger partial charge in [0.05, 0.1) is 18.6 Å². The molecule has 0 bridgehead atoms. The Morgan fingerprint density at radius 1 is 0.679 bits per heavy atom. The summed E-state index contributed by atoms with van der Waals surface area (Å²) in [4.78, 5) is 55.6. The van der Waals surface area contributed by atoms with Gasteiger partial charge < -0.3 is 24.4 Å². The number of aliphatic carboxylic acids is 2. The van der Waals surface area contributed by atoms with Crippen molar-refractivity contribution < 1.29 is 48.4 Å². The monoisotopic (exact) mass is 400 g/mol. The maximum Gasteiger partial charge on any atom is 0.331 e. The first-order chi connectivity index (χ1) is 12.7. The van der Waals surface area contributed by atoms with Crippen molar-refractivity contribution in [3.05, 3.63) is 24.3 Å². The van der Waals surface area contributed by atoms with E-state index in [2.05, 4.69) is 0 Å². The van der Waals surface area contributed by atoms with Crippen LogP contribution in [0.4, 0.5) is 0 Å². The standard InChI is InChI=1S/C18H24O10/c1-17(2,9-26-14(23)7-5-12(19)20)10-28-16(25)18(3,4)11-27-15(24)8-6-13(21)22/h5-8H,9-11H2,1-4H3,(H,19,20)(H,21,22)/b7-5-,8-6-. The molecule has 0 atom stereocenters. The van der Waals surface area contributed by atoms with E-state index in [1.54, 1.807) is 13.8 Å². The van der Waals surface area contributed by atoms with E-state index in [0.717, 1.165) is 12.2 Å². The van der Waals surface area contributed by atoms with Crippen molar-refractivity contribution in [2.75, 3.05) is 19.8 Å². The quantitative estimate of drug-likeness (QED) is 0.291. The van der Waals surface area contributed by atoms with Crippen molar-refractivity contribution in [2.45, 2.75) is 27.7 Å². The van der Waals surface area contributed by atoms with Crippen LogP contribution in [0.3, 0.4) is 0 Å². The lowest BCUT2D eigenvalue weighted by molar-refractivity contribution is -0.164. The molecule has 10 nitrogen and oxygen atoms in total. The Balaban J connectivity index is 4.50. The highest BCUT2D eigenvalue weighted by molar-refractivity contribution is 5.91. The molecule has 10 heteroatoms. The topological polar surface area (TPSA) is 154 Å². The molecule has 0 rings (SSSR count). The molecule has 0 aliphatic rings. The smallest absolute Gasteiger partial charge is 0.331 e. The highest BCUT2D eigenvalue weighted by Gasteiger charge is 2.33. The predicted molar refractivity (Wildman–Crippen MR) is 94.0 cm³/mol. The van der Waals surface area contributed by atoms with Gasteiger partial charge in [-0.05, 0) is 13.8 Å². The molecule has 0 aliphatic heterocycles. The lowest BCUT2D eigenvalue weighted by atomic mass is 9.93. The average molecular weight is 400 g/mol. The summed E-state index contributed by atoms with van der Waals surface area (Å²) in [6.07, 6.45) is 2.74. The lowest BCUT2D eigenvalue weighted by Gasteiger charge is -2.27. The molecule has 0 aromatic heterocycles. The molecule has 0 radical (unpaired) electrons. The summed E-state index contributed by atoms with van der Waals surface area (Å²) in [5, 5.41) is 16.9. The summed E-state index contributed by atoms with van der Waals surface area (Å²) in [5.41, 5.74) is -1.94. The fourth-order valence-corrected chi connectivity index (χ4v) is 1.45. The molecular weight excluding hydrogens is 376 g/mol. The average Bonchev–Trinajstić information content (AvgIpc) is 2.59. The maximum absolute atomic E-state index is 12.2. The van der Waals surface area contributed by atoms with Crippen LogP contribution in [0, 0.1) is 10.8 Å². The van der Waals surface area contributed by atoms with Crippen molar-refractivity contribution in [1.82, 2.24) is 0 Å². The first-order valence-electron chi connectivity index (χ1n) is 8.08. The summed E-state index contributed by atoms with van der Waals surface area (Å²) in [6, 6.07) is 0. The minimum atomic E-state index is -1.31. The molecule has 0 saturated heterocycles. The van der Waals surface area contributed by atoms with Crippen molar-refractivity contribution in [3.63, 3.8) is 0 Å². The Morgan fingerprint density at radius 2 is 1.07 bits per heavy atom. The fraction of sp³-hybridized carbons (Fsp3) is 0.500. The van der Waals surface area contributed by atoms with Crippen LogP contribution in [-0.4, -0.2) is 59.9 Å². The molecule has 0 heterocycles. The molecule has 0 unspecified atom stereocenters. The van der Waals surface area contributed by atoms with Crippen molar-refractivity contribution in [1.29, 1.82) is 0 Å². The van der Waals surface area contributed by atoms with Gasteiger partial charge in [-0.25, -0.2) is 19.2 Å². The third-order valence-electron chi connectivity index (χ3n) is 3.05. The first kappa shape index (κ1) is 24.8. The van der Waals surface area contributed by atoms with Gasteiger partial charge in [-0.15, -0.1) is 0 Å². The van der Waals surface area contributed by atoms with Gasteiger partial charge in [-0.2, -0.15) is 0 Å². The Hall–Kier alpha value is -3.17. The van der Waals surface area contributed by atoms with E-state index in [9.17, 15) is 24.0 Å². The second-order valence-electron chi connectivity index (χ2n) is 7.18. The van der Waals surface area contributed by atoms with Crippen molar-refractivity contribution in [3.8, 4) is 0 Å². The Kier molecular flexibility index (Phi) is 9.62. The van der Waals surface area contributed by atoms with Crippen LogP contribution in [0.15, 0.2) is 24.3 Å². The van der Waals surface area contributed by atoms with Crippen LogP contribution in [0.1, 0.15) is 27.7 Å². The van der Waals surface area contributed by atoms with Crippen LogP contribution in [-0.2, 0) is 38.2 Å². The third kappa shape index (κ3) is 11.4. The van der Waals surface area contributed by atoms with Crippen LogP contribution < -0.4 is 0 Å². The number of hydrogen-bond acceptors (Lipinski definition) is 8. The zero-order chi connectivity index (χ0) is 22.0. The van der Waals surface area contributed by atoms with Crippen LogP contribution in [0.2, 0.25) is 0 Å². The number of esters is 3. The van der Waals surface area contributed by atoms with Gasteiger partial charge in [0.25, 0.3) is 0 Å². The second-order valence-corrected chi connectivity index (χ2v) is 7.18. The molecule has 2 N–H and O–H groups in total. The summed E-state index contributed by atoms with van der Waals surface area (Å²) in [6.45, 7) is 5.72. The summed E-state index contributed by atoms with van der Waals surface area (Å²) < 4.78 is 14.9. The molecule has 156 valence electrons. The van der Waals surface area contributed by atoms with Gasteiger partial charge >= 0.3 is 29.8 Å². The molecule has 0 aliphatic carbocycles. The molecule has 0 spiro atoms. The van der Waals surface area contributed by atoms with Crippen LogP contribution >= 0.6 is 0 Å². The molecule has 0 aromatic carbocycles. The SMILES string of the molecule is CC(C)(COC(=O)/C=C\C(=O)O)COC(=O)C(C)(C)COC(=O)/C=C\C(=O)O. The highest BCUT2D eigenvalue weighted by Crippen LogP contribution is 2.22. The maximum atomic E-state index is 12.2. The van der Waals surface area contributed by atoms with E-state index in [1.165, 1.54) is 13.8 Å². The van der Waals surface area contributed by atoms with E-state index in [4.69, 9.17) is 24.4 Å². The van der Waals surface area contributed by atoms with Crippen molar-refractivity contribution in [2.24, 2.45) is 10.8 Å². The lowest BCUT2D eigenvalue weighted by Crippen LogP contribution is -2.36. The zero-order valence-corrected chi connectivity index (χ0v) is 16.1. The molecular formula is C18H24O10. The van der Waals surface area contributed by atoms with Gasteiger partial charge in [-0.3, -0.25) is 4.79 Å². The third-order valence-corrected chi connectivity index (χ3v) is 3.05. The molecule has 0 aromatic rings. The van der Waals surface area contributed by atoms with Crippen molar-refractivity contribution >= 4 is 29.8 Å². The van der Waals surface area contributed by atoms with Gasteiger partial charge in [0.1, 0.15) is 6.61 Å². The predicted octanol–water partition coefficient (Wildman–Crippen LogP) is 0.950. The van der Waals surface area contributed by atoms with E-state index < -0.39 is 40.7 Å². The fourth-order valence-electron chi connectivity index (χ4n) is 1.45. The summed E-state index contributed by atoms with van der Waals surface area (Å²) >= 11 is 0. The zero-order valence-electron chi connectivity index (χ0n) is 16.1. The number of rotatable bonds is 11. The molecule has 0 amide bonds. The highest BCUT2D eigenvalue weighted by atomic mass is 16.6. The largest absolute Gasteiger partial charge is 0.478 e. The minimum Gasteiger partial charge on any atom is -0.478 e. The van der Waals surface area contributed by atoms with Gasteiger partial charge in [-0.1, -0.05) is 13.8 Å². The number of carbonyl (C=O) groups excluding carboxylic acids is 3. The molecule has 28 heavy (non-hydrogen) atoms. The number of carboxylic acids is 2. The van der Waals surface area contributed by atoms with Gasteiger partial charge in [0.2, 0.25) is 0 Å². The Bertz CT molecular complexity index is 670. The van der Waals surface area contributed by atoms with Crippen LogP contribution in [0.5, 0.6) is 0 Å². The summed E-state index contributed by atoms with van der Waals surface area (Å²) in [7, 11) is 0. The number of carbonyl (C=O) groups is 5. The van der Waals surface area contributed by atoms with E-state index in [-0.39, 0.29) is 19.8 Å². The first-order valence-corrected chi connectivity index (χ1v) is 8.08. The summed E-state index contributed by atoms with van der Waals surface area (Å²) in [5.74, 6) is -5.02. The number of hydrogen-bond donors (Lipinski definition) is 2. The van der Waals surface area contributed by atoms with Gasteiger partial charge in [0.15, 0.2) is 0 Å². The minimum absolute atomic E-state index is 0.113. The number of ether oxygens (including phenoxy) is 3. The Morgan fingerprint density at radius 3 is 1.50 bits per heavy atom. The van der Waals surface area contributed by atoms with E-state index in [1.807, 2.05) is 0 Å². The second kappa shape index (κ2) is 10.9. The Labute approximate surface area is 161 Å². The van der Waals surface area contributed by atoms with E-state index in [0.29, 0.717) is 12.2 Å². The van der Waals surface area contributed by atoms with E-state index >= 15 is 0 Å². The molecule has 0 fully saturated rings. The normalized spacial score (nSPS) is 12.0. The van der Waals surface area contributed by atoms with Crippen LogP contribution in [0.25, 0.3) is 0 Å².